The molecule has 118 valence electrons. The number of hydrogen-bond acceptors (Lipinski definition) is 6. The van der Waals surface area contributed by atoms with Crippen molar-refractivity contribution in [1.82, 2.24) is 19.9 Å². The molecular weight excluding hydrogens is 272 g/mol. The molecule has 0 spiro atoms. The van der Waals surface area contributed by atoms with E-state index in [0.717, 1.165) is 13.1 Å². The van der Waals surface area contributed by atoms with Crippen LogP contribution in [0.25, 0.3) is 0 Å². The van der Waals surface area contributed by atoms with Crippen LogP contribution in [0.5, 0.6) is 0 Å². The molecule has 0 atom stereocenters. The Kier molecular flexibility index (Phi) is 4.95. The van der Waals surface area contributed by atoms with Gasteiger partial charge in [-0.1, -0.05) is 5.16 Å². The van der Waals surface area contributed by atoms with E-state index in [1.165, 1.54) is 0 Å². The molecule has 1 aliphatic rings. The Balaban J connectivity index is 1.73. The van der Waals surface area contributed by atoms with E-state index in [2.05, 4.69) is 15.0 Å². The molecule has 7 nitrogen and oxygen atoms in total. The molecule has 2 heterocycles. The molecular formula is C14H24N4O3. The highest BCUT2D eigenvalue weighted by Crippen LogP contribution is 2.10. The Labute approximate surface area is 124 Å². The van der Waals surface area contributed by atoms with Crippen LogP contribution >= 0.6 is 0 Å². The quantitative estimate of drug-likeness (QED) is 0.837. The summed E-state index contributed by atoms with van der Waals surface area (Å²) in [6.45, 7) is 9.02. The highest BCUT2D eigenvalue weighted by Gasteiger charge is 2.25. The molecule has 1 aromatic rings. The number of carbonyl (C=O) groups is 1. The van der Waals surface area contributed by atoms with Crippen molar-refractivity contribution in [2.45, 2.75) is 39.2 Å². The van der Waals surface area contributed by atoms with Gasteiger partial charge in [0.1, 0.15) is 0 Å². The standard InChI is InChI=1S/C14H24N4O3/c1-11-15-12(21-16-11)4-5-13(19)18-8-6-17(7-9-18)10-14(2,3)20/h20H,4-10H2,1-3H3. The topological polar surface area (TPSA) is 82.7 Å². The van der Waals surface area contributed by atoms with Crippen molar-refractivity contribution in [3.8, 4) is 0 Å². The van der Waals surface area contributed by atoms with Gasteiger partial charge < -0.3 is 14.5 Å². The number of rotatable bonds is 5. The van der Waals surface area contributed by atoms with Gasteiger partial charge in [0.25, 0.3) is 0 Å². The van der Waals surface area contributed by atoms with Crippen LogP contribution in [-0.4, -0.2) is 69.3 Å². The van der Waals surface area contributed by atoms with Crippen molar-refractivity contribution in [2.75, 3.05) is 32.7 Å². The minimum absolute atomic E-state index is 0.119. The Morgan fingerprint density at radius 2 is 2.00 bits per heavy atom. The van der Waals surface area contributed by atoms with E-state index in [0.29, 0.717) is 44.2 Å². The highest BCUT2D eigenvalue weighted by atomic mass is 16.5. The number of amides is 1. The molecule has 0 unspecified atom stereocenters. The highest BCUT2D eigenvalue weighted by molar-refractivity contribution is 5.76. The number of hydrogen-bond donors (Lipinski definition) is 1. The largest absolute Gasteiger partial charge is 0.389 e. The molecule has 1 aliphatic heterocycles. The first-order chi connectivity index (χ1) is 9.83. The first-order valence-electron chi connectivity index (χ1n) is 7.35. The van der Waals surface area contributed by atoms with Crippen molar-refractivity contribution in [3.05, 3.63) is 11.7 Å². The molecule has 21 heavy (non-hydrogen) atoms. The minimum Gasteiger partial charge on any atom is -0.389 e. The van der Waals surface area contributed by atoms with E-state index < -0.39 is 5.60 Å². The van der Waals surface area contributed by atoms with Crippen LogP contribution < -0.4 is 0 Å². The van der Waals surface area contributed by atoms with Crippen molar-refractivity contribution in [3.63, 3.8) is 0 Å². The van der Waals surface area contributed by atoms with Crippen LogP contribution in [0.4, 0.5) is 0 Å². The minimum atomic E-state index is -0.692. The predicted molar refractivity (Wildman–Crippen MR) is 76.7 cm³/mol. The molecule has 0 radical (unpaired) electrons. The average Bonchev–Trinajstić information content (AvgIpc) is 2.81. The van der Waals surface area contributed by atoms with Gasteiger partial charge in [0.05, 0.1) is 5.60 Å². The summed E-state index contributed by atoms with van der Waals surface area (Å²) in [6.07, 6.45) is 0.886. The van der Waals surface area contributed by atoms with Gasteiger partial charge in [0.2, 0.25) is 11.8 Å². The third-order valence-corrected chi connectivity index (χ3v) is 3.46. The summed E-state index contributed by atoms with van der Waals surface area (Å²) in [5.41, 5.74) is -0.692. The molecule has 0 aliphatic carbocycles. The number of nitrogens with zero attached hydrogens (tertiary/aromatic N) is 4. The van der Waals surface area contributed by atoms with E-state index in [4.69, 9.17) is 4.52 Å². The molecule has 1 fully saturated rings. The molecule has 1 N–H and O–H groups in total. The van der Waals surface area contributed by atoms with Crippen LogP contribution in [0.3, 0.4) is 0 Å². The van der Waals surface area contributed by atoms with Gasteiger partial charge in [0, 0.05) is 45.6 Å². The van der Waals surface area contributed by atoms with Gasteiger partial charge in [-0.2, -0.15) is 4.98 Å². The number of aryl methyl sites for hydroxylation is 2. The Morgan fingerprint density at radius 1 is 1.33 bits per heavy atom. The van der Waals surface area contributed by atoms with E-state index in [9.17, 15) is 9.90 Å². The maximum Gasteiger partial charge on any atom is 0.227 e. The summed E-state index contributed by atoms with van der Waals surface area (Å²) in [6, 6.07) is 0. The third-order valence-electron chi connectivity index (χ3n) is 3.46. The lowest BCUT2D eigenvalue weighted by Crippen LogP contribution is -2.52. The lowest BCUT2D eigenvalue weighted by atomic mass is 10.1. The summed E-state index contributed by atoms with van der Waals surface area (Å²) in [7, 11) is 0. The van der Waals surface area contributed by atoms with Crippen LogP contribution in [0.2, 0.25) is 0 Å². The van der Waals surface area contributed by atoms with E-state index >= 15 is 0 Å². The number of aromatic nitrogens is 2. The fourth-order valence-corrected chi connectivity index (χ4v) is 2.52. The Morgan fingerprint density at radius 3 is 2.52 bits per heavy atom. The van der Waals surface area contributed by atoms with Crippen LogP contribution in [0.1, 0.15) is 32.0 Å². The van der Waals surface area contributed by atoms with E-state index in [1.807, 2.05) is 4.90 Å². The maximum atomic E-state index is 12.1. The first kappa shape index (κ1) is 15.9. The normalized spacial score (nSPS) is 17.2. The van der Waals surface area contributed by atoms with Crippen molar-refractivity contribution < 1.29 is 14.4 Å². The van der Waals surface area contributed by atoms with Crippen molar-refractivity contribution in [1.29, 1.82) is 0 Å². The zero-order chi connectivity index (χ0) is 15.5. The molecule has 0 saturated carbocycles. The molecule has 1 amide bonds. The first-order valence-corrected chi connectivity index (χ1v) is 7.35. The monoisotopic (exact) mass is 296 g/mol. The van der Waals surface area contributed by atoms with Gasteiger partial charge in [-0.25, -0.2) is 0 Å². The number of β-amino-alcohol motifs (C(OH)–C–C–N with tert-alkyl or cyclic N) is 1. The van der Waals surface area contributed by atoms with Gasteiger partial charge in [-0.3, -0.25) is 9.69 Å². The smallest absolute Gasteiger partial charge is 0.227 e. The molecule has 1 aromatic heterocycles. The SMILES string of the molecule is Cc1noc(CCC(=O)N2CCN(CC(C)(C)O)CC2)n1. The summed E-state index contributed by atoms with van der Waals surface area (Å²) in [4.78, 5) is 20.3. The number of piperazine rings is 1. The predicted octanol–water partition coefficient (Wildman–Crippen LogP) is 0.226. The summed E-state index contributed by atoms with van der Waals surface area (Å²) < 4.78 is 5.01. The Hall–Kier alpha value is -1.47. The van der Waals surface area contributed by atoms with Crippen molar-refractivity contribution in [2.24, 2.45) is 0 Å². The molecule has 0 aromatic carbocycles. The van der Waals surface area contributed by atoms with Crippen LogP contribution in [0, 0.1) is 6.92 Å². The molecule has 7 heteroatoms. The molecule has 2 rings (SSSR count). The van der Waals surface area contributed by atoms with Crippen LogP contribution in [0.15, 0.2) is 4.52 Å². The summed E-state index contributed by atoms with van der Waals surface area (Å²) in [5.74, 6) is 1.23. The average molecular weight is 296 g/mol. The lowest BCUT2D eigenvalue weighted by molar-refractivity contribution is -0.133. The maximum absolute atomic E-state index is 12.1. The fourth-order valence-electron chi connectivity index (χ4n) is 2.52. The summed E-state index contributed by atoms with van der Waals surface area (Å²) in [5, 5.41) is 13.5. The fraction of sp³-hybridized carbons (Fsp3) is 0.786. The number of aliphatic hydroxyl groups is 1. The second-order valence-corrected chi connectivity index (χ2v) is 6.20. The van der Waals surface area contributed by atoms with Gasteiger partial charge in [-0.15, -0.1) is 0 Å². The van der Waals surface area contributed by atoms with E-state index in [1.54, 1.807) is 20.8 Å². The second-order valence-electron chi connectivity index (χ2n) is 6.20. The zero-order valence-corrected chi connectivity index (χ0v) is 13.0. The zero-order valence-electron chi connectivity index (χ0n) is 13.0. The van der Waals surface area contributed by atoms with Gasteiger partial charge in [0.15, 0.2) is 5.82 Å². The molecule has 0 bridgehead atoms. The second kappa shape index (κ2) is 6.53. The Bertz CT molecular complexity index is 473. The van der Waals surface area contributed by atoms with Gasteiger partial charge in [-0.05, 0) is 20.8 Å². The lowest BCUT2D eigenvalue weighted by Gasteiger charge is -2.37. The van der Waals surface area contributed by atoms with Gasteiger partial charge >= 0.3 is 0 Å². The third kappa shape index (κ3) is 5.09. The molecule has 1 saturated heterocycles. The van der Waals surface area contributed by atoms with E-state index in [-0.39, 0.29) is 5.91 Å². The van der Waals surface area contributed by atoms with Crippen molar-refractivity contribution >= 4 is 5.91 Å². The number of carbonyl (C=O) groups excluding carboxylic acids is 1. The summed E-state index contributed by atoms with van der Waals surface area (Å²) >= 11 is 0. The van der Waals surface area contributed by atoms with Crippen LogP contribution in [-0.2, 0) is 11.2 Å².